The number of nitrogens with zero attached hydrogens (tertiary/aromatic N) is 2. The Morgan fingerprint density at radius 3 is 2.61 bits per heavy atom. The van der Waals surface area contributed by atoms with E-state index in [9.17, 15) is 9.90 Å². The quantitative estimate of drug-likeness (QED) is 0.493. The molecule has 0 aliphatic heterocycles. The van der Waals surface area contributed by atoms with Crippen molar-refractivity contribution in [2.45, 2.75) is 45.6 Å². The molecule has 2 atom stereocenters. The average molecular weight is 441 g/mol. The van der Waals surface area contributed by atoms with Gasteiger partial charge >= 0.3 is 5.97 Å². The molecule has 0 unspecified atom stereocenters. The number of rotatable bonds is 7. The van der Waals surface area contributed by atoms with Crippen molar-refractivity contribution in [2.75, 3.05) is 0 Å². The van der Waals surface area contributed by atoms with Crippen LogP contribution in [0.25, 0.3) is 22.8 Å². The molecule has 0 radical (unpaired) electrons. The van der Waals surface area contributed by atoms with Crippen LogP contribution >= 0.6 is 11.6 Å². The fraction of sp³-hybridized carbons (Fsp3) is 0.375. The number of benzene rings is 2. The molecule has 0 bridgehead atoms. The van der Waals surface area contributed by atoms with Gasteiger partial charge < -0.3 is 14.4 Å². The number of carboxylic acids is 1. The van der Waals surface area contributed by atoms with E-state index in [1.54, 1.807) is 12.1 Å². The molecule has 1 heterocycles. The zero-order valence-corrected chi connectivity index (χ0v) is 18.3. The topological polar surface area (TPSA) is 85.5 Å². The maximum Gasteiger partial charge on any atom is 0.306 e. The summed E-state index contributed by atoms with van der Waals surface area (Å²) in [4.78, 5) is 15.9. The molecule has 0 saturated heterocycles. The normalized spacial score (nSPS) is 18.5. The predicted octanol–water partition coefficient (Wildman–Crippen LogP) is 5.89. The monoisotopic (exact) mass is 440 g/mol. The van der Waals surface area contributed by atoms with Gasteiger partial charge in [0, 0.05) is 11.1 Å². The van der Waals surface area contributed by atoms with E-state index in [0.29, 0.717) is 22.5 Å². The molecule has 2 aromatic carbocycles. The molecule has 1 aliphatic carbocycles. The summed E-state index contributed by atoms with van der Waals surface area (Å²) >= 11 is 6.32. The maximum absolute atomic E-state index is 11.4. The van der Waals surface area contributed by atoms with Gasteiger partial charge in [-0.2, -0.15) is 4.98 Å². The van der Waals surface area contributed by atoms with E-state index in [-0.39, 0.29) is 17.9 Å². The first-order valence-electron chi connectivity index (χ1n) is 10.5. The van der Waals surface area contributed by atoms with Gasteiger partial charge in [-0.25, -0.2) is 0 Å². The van der Waals surface area contributed by atoms with Crippen molar-refractivity contribution < 1.29 is 19.2 Å². The van der Waals surface area contributed by atoms with E-state index >= 15 is 0 Å². The Morgan fingerprint density at radius 1 is 1.19 bits per heavy atom. The van der Waals surface area contributed by atoms with Crippen molar-refractivity contribution in [3.63, 3.8) is 0 Å². The zero-order valence-electron chi connectivity index (χ0n) is 17.5. The molecule has 1 aliphatic rings. The van der Waals surface area contributed by atoms with Gasteiger partial charge in [-0.15, -0.1) is 0 Å². The molecule has 0 spiro atoms. The Hall–Kier alpha value is -2.86. The van der Waals surface area contributed by atoms with Crippen LogP contribution in [0.1, 0.15) is 38.7 Å². The second-order valence-corrected chi connectivity index (χ2v) is 8.68. The summed E-state index contributed by atoms with van der Waals surface area (Å²) in [6.07, 6.45) is 3.54. The second-order valence-electron chi connectivity index (χ2n) is 8.27. The van der Waals surface area contributed by atoms with E-state index in [4.69, 9.17) is 20.9 Å². The Kier molecular flexibility index (Phi) is 6.28. The number of hydrogen-bond donors (Lipinski definition) is 1. The summed E-state index contributed by atoms with van der Waals surface area (Å²) in [5.41, 5.74) is 2.68. The van der Waals surface area contributed by atoms with Gasteiger partial charge in [0.15, 0.2) is 0 Å². The molecule has 1 saturated carbocycles. The standard InChI is InChI=1S/C24H25ClN2O4/c1-14(2)30-21-11-10-18(13-20(21)25)22-26-23(31-27-22)16-8-6-15(7-9-16)12-17-4-3-5-19(17)24(28)29/h6-11,13-14,17,19H,3-5,12H2,1-2H3,(H,28,29)/t17-,19-/m0/s1. The number of hydrogen-bond acceptors (Lipinski definition) is 5. The van der Waals surface area contributed by atoms with E-state index in [0.717, 1.165) is 42.4 Å². The zero-order chi connectivity index (χ0) is 22.0. The smallest absolute Gasteiger partial charge is 0.306 e. The van der Waals surface area contributed by atoms with Gasteiger partial charge in [0.25, 0.3) is 5.89 Å². The van der Waals surface area contributed by atoms with Gasteiger partial charge in [-0.05, 0) is 74.9 Å². The third kappa shape index (κ3) is 4.90. The highest BCUT2D eigenvalue weighted by molar-refractivity contribution is 6.32. The van der Waals surface area contributed by atoms with Gasteiger partial charge in [0.1, 0.15) is 5.75 Å². The summed E-state index contributed by atoms with van der Waals surface area (Å²) in [5.74, 6) is 0.776. The first kappa shape index (κ1) is 21.4. The van der Waals surface area contributed by atoms with Crippen LogP contribution in [0.5, 0.6) is 5.75 Å². The highest BCUT2D eigenvalue weighted by Gasteiger charge is 2.32. The maximum atomic E-state index is 11.4. The minimum absolute atomic E-state index is 0.0341. The second kappa shape index (κ2) is 9.10. The molecule has 4 rings (SSSR count). The number of aliphatic carboxylic acids is 1. The summed E-state index contributed by atoms with van der Waals surface area (Å²) in [6.45, 7) is 3.89. The number of carboxylic acid groups (broad SMARTS) is 1. The van der Waals surface area contributed by atoms with Crippen molar-refractivity contribution in [2.24, 2.45) is 11.8 Å². The van der Waals surface area contributed by atoms with Crippen LogP contribution in [0.15, 0.2) is 47.0 Å². The molecule has 6 nitrogen and oxygen atoms in total. The summed E-state index contributed by atoms with van der Waals surface area (Å²) in [5, 5.41) is 14.0. The van der Waals surface area contributed by atoms with Crippen LogP contribution in [0.3, 0.4) is 0 Å². The number of carbonyl (C=O) groups is 1. The average Bonchev–Trinajstić information content (AvgIpc) is 3.40. The van der Waals surface area contributed by atoms with Crippen molar-refractivity contribution in [1.82, 2.24) is 10.1 Å². The van der Waals surface area contributed by atoms with E-state index in [1.807, 2.05) is 44.2 Å². The molecule has 31 heavy (non-hydrogen) atoms. The first-order valence-corrected chi connectivity index (χ1v) is 10.9. The van der Waals surface area contributed by atoms with E-state index in [2.05, 4.69) is 10.1 Å². The lowest BCUT2D eigenvalue weighted by Gasteiger charge is -2.15. The Morgan fingerprint density at radius 2 is 1.94 bits per heavy atom. The highest BCUT2D eigenvalue weighted by atomic mass is 35.5. The van der Waals surface area contributed by atoms with Crippen molar-refractivity contribution in [3.05, 3.63) is 53.1 Å². The van der Waals surface area contributed by atoms with Crippen molar-refractivity contribution in [1.29, 1.82) is 0 Å². The SMILES string of the molecule is CC(C)Oc1ccc(-c2noc(-c3ccc(C[C@@H]4CCC[C@@H]4C(=O)O)cc3)n2)cc1Cl. The lowest BCUT2D eigenvalue weighted by atomic mass is 9.89. The number of halogens is 1. The molecule has 3 aromatic rings. The largest absolute Gasteiger partial charge is 0.489 e. The highest BCUT2D eigenvalue weighted by Crippen LogP contribution is 2.35. The van der Waals surface area contributed by atoms with Crippen LogP contribution in [-0.2, 0) is 11.2 Å². The molecule has 1 aromatic heterocycles. The molecule has 1 N–H and O–H groups in total. The van der Waals surface area contributed by atoms with Gasteiger partial charge in [-0.3, -0.25) is 4.79 Å². The summed E-state index contributed by atoms with van der Waals surface area (Å²) < 4.78 is 11.1. The van der Waals surface area contributed by atoms with Crippen LogP contribution in [-0.4, -0.2) is 27.3 Å². The van der Waals surface area contributed by atoms with E-state index in [1.165, 1.54) is 0 Å². The Balaban J connectivity index is 1.47. The van der Waals surface area contributed by atoms with E-state index < -0.39 is 5.97 Å². The fourth-order valence-electron chi connectivity index (χ4n) is 4.14. The summed E-state index contributed by atoms with van der Waals surface area (Å²) in [6, 6.07) is 13.3. The number of ether oxygens (including phenoxy) is 1. The minimum Gasteiger partial charge on any atom is -0.489 e. The third-order valence-corrected chi connectivity index (χ3v) is 5.95. The molecule has 1 fully saturated rings. The lowest BCUT2D eigenvalue weighted by Crippen LogP contribution is -2.19. The summed E-state index contributed by atoms with van der Waals surface area (Å²) in [7, 11) is 0. The van der Waals surface area contributed by atoms with Gasteiger partial charge in [0.05, 0.1) is 17.0 Å². The van der Waals surface area contributed by atoms with Crippen LogP contribution < -0.4 is 4.74 Å². The third-order valence-electron chi connectivity index (χ3n) is 5.65. The predicted molar refractivity (Wildman–Crippen MR) is 118 cm³/mol. The van der Waals surface area contributed by atoms with Gasteiger partial charge in [-0.1, -0.05) is 35.3 Å². The van der Waals surface area contributed by atoms with Gasteiger partial charge in [0.2, 0.25) is 5.82 Å². The van der Waals surface area contributed by atoms with Crippen LogP contribution in [0, 0.1) is 11.8 Å². The van der Waals surface area contributed by atoms with Crippen molar-refractivity contribution >= 4 is 17.6 Å². The first-order chi connectivity index (χ1) is 14.9. The molecule has 0 amide bonds. The van der Waals surface area contributed by atoms with Crippen LogP contribution in [0.2, 0.25) is 5.02 Å². The molecular weight excluding hydrogens is 416 g/mol. The Labute approximate surface area is 186 Å². The van der Waals surface area contributed by atoms with Crippen molar-refractivity contribution in [3.8, 4) is 28.6 Å². The van der Waals surface area contributed by atoms with Crippen LogP contribution in [0.4, 0.5) is 0 Å². The lowest BCUT2D eigenvalue weighted by molar-refractivity contribution is -0.142. The minimum atomic E-state index is -0.679. The molecular formula is C24H25ClN2O4. The number of aromatic nitrogens is 2. The molecule has 7 heteroatoms. The Bertz CT molecular complexity index is 1060. The molecule has 162 valence electrons. The fourth-order valence-corrected chi connectivity index (χ4v) is 4.36.